The van der Waals surface area contributed by atoms with Crippen LogP contribution in [0.5, 0.6) is 0 Å². The molecule has 2 aromatic rings. The van der Waals surface area contributed by atoms with E-state index in [2.05, 4.69) is 12.2 Å². The Hall–Kier alpha value is -2.29. The fourth-order valence-corrected chi connectivity index (χ4v) is 2.17. The number of nitrogens with two attached hydrogens (primary N) is 1. The lowest BCUT2D eigenvalue weighted by molar-refractivity contribution is 0.102. The first-order valence-electron chi connectivity index (χ1n) is 6.78. The van der Waals surface area contributed by atoms with Crippen molar-refractivity contribution in [2.45, 2.75) is 27.2 Å². The molecule has 3 nitrogen and oxygen atoms in total. The Bertz CT molecular complexity index is 647. The highest BCUT2D eigenvalue weighted by atomic mass is 16.1. The van der Waals surface area contributed by atoms with Crippen LogP contribution in [0.3, 0.4) is 0 Å². The van der Waals surface area contributed by atoms with E-state index in [4.69, 9.17) is 5.73 Å². The maximum atomic E-state index is 12.3. The second-order valence-electron chi connectivity index (χ2n) is 5.04. The van der Waals surface area contributed by atoms with Crippen LogP contribution in [0.2, 0.25) is 0 Å². The summed E-state index contributed by atoms with van der Waals surface area (Å²) in [5.74, 6) is -0.102. The normalized spacial score (nSPS) is 10.3. The number of carbonyl (C=O) groups is 1. The smallest absolute Gasteiger partial charge is 0.255 e. The molecule has 0 aliphatic heterocycles. The van der Waals surface area contributed by atoms with Gasteiger partial charge in [-0.25, -0.2) is 0 Å². The van der Waals surface area contributed by atoms with Gasteiger partial charge in [-0.2, -0.15) is 0 Å². The number of hydrogen-bond acceptors (Lipinski definition) is 2. The van der Waals surface area contributed by atoms with Crippen molar-refractivity contribution in [3.05, 3.63) is 58.7 Å². The zero-order valence-electron chi connectivity index (χ0n) is 12.2. The Morgan fingerprint density at radius 3 is 2.55 bits per heavy atom. The molecule has 0 aliphatic rings. The summed E-state index contributed by atoms with van der Waals surface area (Å²) in [4.78, 5) is 12.3. The molecule has 0 heterocycles. The molecule has 104 valence electrons. The third-order valence-electron chi connectivity index (χ3n) is 3.42. The van der Waals surface area contributed by atoms with Gasteiger partial charge in [0.15, 0.2) is 0 Å². The molecule has 0 saturated carbocycles. The van der Waals surface area contributed by atoms with Gasteiger partial charge < -0.3 is 11.1 Å². The average molecular weight is 268 g/mol. The summed E-state index contributed by atoms with van der Waals surface area (Å²) in [5.41, 5.74) is 11.2. The van der Waals surface area contributed by atoms with Crippen molar-refractivity contribution in [2.75, 3.05) is 11.1 Å². The van der Waals surface area contributed by atoms with Gasteiger partial charge in [0.05, 0.1) is 0 Å². The first-order valence-corrected chi connectivity index (χ1v) is 6.78. The Kier molecular flexibility index (Phi) is 4.08. The topological polar surface area (TPSA) is 55.1 Å². The van der Waals surface area contributed by atoms with E-state index in [1.54, 1.807) is 0 Å². The molecular weight excluding hydrogens is 248 g/mol. The maximum Gasteiger partial charge on any atom is 0.255 e. The number of carbonyl (C=O) groups excluding carboxylic acids is 1. The fraction of sp³-hybridized carbons (Fsp3) is 0.235. The second-order valence-corrected chi connectivity index (χ2v) is 5.04. The monoisotopic (exact) mass is 268 g/mol. The highest BCUT2D eigenvalue weighted by Crippen LogP contribution is 2.20. The minimum Gasteiger partial charge on any atom is -0.398 e. The number of nitrogens with one attached hydrogen (secondary N) is 1. The quantitative estimate of drug-likeness (QED) is 0.834. The van der Waals surface area contributed by atoms with Crippen molar-refractivity contribution in [1.29, 1.82) is 0 Å². The third kappa shape index (κ3) is 2.99. The summed E-state index contributed by atoms with van der Waals surface area (Å²) in [6.07, 6.45) is 0.886. The molecule has 3 heteroatoms. The highest BCUT2D eigenvalue weighted by molar-refractivity contribution is 6.05. The van der Waals surface area contributed by atoms with E-state index in [-0.39, 0.29) is 5.91 Å². The first-order chi connectivity index (χ1) is 9.51. The van der Waals surface area contributed by atoms with Gasteiger partial charge in [-0.15, -0.1) is 0 Å². The fourth-order valence-electron chi connectivity index (χ4n) is 2.17. The number of anilines is 2. The Morgan fingerprint density at radius 2 is 1.90 bits per heavy atom. The van der Waals surface area contributed by atoms with E-state index >= 15 is 0 Å². The predicted molar refractivity (Wildman–Crippen MR) is 84.1 cm³/mol. The molecule has 0 saturated heterocycles. The van der Waals surface area contributed by atoms with E-state index in [0.29, 0.717) is 11.3 Å². The van der Waals surface area contributed by atoms with Gasteiger partial charge in [-0.1, -0.05) is 30.7 Å². The zero-order valence-corrected chi connectivity index (χ0v) is 12.2. The van der Waals surface area contributed by atoms with Crippen LogP contribution < -0.4 is 11.1 Å². The lowest BCUT2D eigenvalue weighted by Gasteiger charge is -2.10. The molecule has 0 unspecified atom stereocenters. The zero-order chi connectivity index (χ0) is 14.7. The van der Waals surface area contributed by atoms with Gasteiger partial charge in [0, 0.05) is 16.9 Å². The lowest BCUT2D eigenvalue weighted by Crippen LogP contribution is -2.14. The van der Waals surface area contributed by atoms with Crippen LogP contribution in [0.4, 0.5) is 11.4 Å². The van der Waals surface area contributed by atoms with Crippen molar-refractivity contribution >= 4 is 17.3 Å². The van der Waals surface area contributed by atoms with Gasteiger partial charge in [-0.3, -0.25) is 4.79 Å². The molecule has 2 rings (SSSR count). The van der Waals surface area contributed by atoms with E-state index in [9.17, 15) is 4.79 Å². The van der Waals surface area contributed by atoms with Crippen LogP contribution in [-0.2, 0) is 6.42 Å². The van der Waals surface area contributed by atoms with Crippen LogP contribution in [0, 0.1) is 13.8 Å². The first kappa shape index (κ1) is 14.1. The third-order valence-corrected chi connectivity index (χ3v) is 3.42. The minimum absolute atomic E-state index is 0.102. The van der Waals surface area contributed by atoms with Gasteiger partial charge in [0.1, 0.15) is 0 Å². The van der Waals surface area contributed by atoms with Crippen molar-refractivity contribution in [1.82, 2.24) is 0 Å². The van der Waals surface area contributed by atoms with E-state index < -0.39 is 0 Å². The molecule has 0 radical (unpaired) electrons. The van der Waals surface area contributed by atoms with Crippen molar-refractivity contribution in [3.8, 4) is 0 Å². The van der Waals surface area contributed by atoms with Crippen LogP contribution in [0.25, 0.3) is 0 Å². The maximum absolute atomic E-state index is 12.3. The van der Waals surface area contributed by atoms with Gasteiger partial charge in [0.2, 0.25) is 0 Å². The van der Waals surface area contributed by atoms with Crippen LogP contribution in [0.15, 0.2) is 36.4 Å². The van der Waals surface area contributed by atoms with E-state index in [0.717, 1.165) is 28.8 Å². The van der Waals surface area contributed by atoms with Crippen molar-refractivity contribution < 1.29 is 4.79 Å². The summed E-state index contributed by atoms with van der Waals surface area (Å²) in [6, 6.07) is 11.5. The Morgan fingerprint density at radius 1 is 1.15 bits per heavy atom. The standard InChI is InChI=1S/C17H20N2O/c1-4-13-7-8-14(10-16(13)18)19-17(20)15-9-11(2)5-6-12(15)3/h5-10H,4,18H2,1-3H3,(H,19,20). The summed E-state index contributed by atoms with van der Waals surface area (Å²) < 4.78 is 0. The highest BCUT2D eigenvalue weighted by Gasteiger charge is 2.10. The molecule has 2 aromatic carbocycles. The summed E-state index contributed by atoms with van der Waals surface area (Å²) in [7, 11) is 0. The number of amides is 1. The molecule has 0 bridgehead atoms. The van der Waals surface area contributed by atoms with Crippen LogP contribution >= 0.6 is 0 Å². The molecule has 0 aromatic heterocycles. The largest absolute Gasteiger partial charge is 0.398 e. The predicted octanol–water partition coefficient (Wildman–Crippen LogP) is 3.70. The van der Waals surface area contributed by atoms with E-state index in [1.807, 2.05) is 50.2 Å². The molecule has 0 fully saturated rings. The molecule has 0 spiro atoms. The molecule has 1 amide bonds. The lowest BCUT2D eigenvalue weighted by atomic mass is 10.0. The SMILES string of the molecule is CCc1ccc(NC(=O)c2cc(C)ccc2C)cc1N. The van der Waals surface area contributed by atoms with Gasteiger partial charge >= 0.3 is 0 Å². The summed E-state index contributed by atoms with van der Waals surface area (Å²) >= 11 is 0. The summed E-state index contributed by atoms with van der Waals surface area (Å²) in [6.45, 7) is 5.97. The number of hydrogen-bond donors (Lipinski definition) is 2. The molecular formula is C17H20N2O. The van der Waals surface area contributed by atoms with Crippen LogP contribution in [0.1, 0.15) is 34.0 Å². The number of benzene rings is 2. The van der Waals surface area contributed by atoms with Gasteiger partial charge in [0.25, 0.3) is 5.91 Å². The van der Waals surface area contributed by atoms with Crippen molar-refractivity contribution in [2.24, 2.45) is 0 Å². The molecule has 0 atom stereocenters. The summed E-state index contributed by atoms with van der Waals surface area (Å²) in [5, 5.41) is 2.90. The number of aryl methyl sites for hydroxylation is 3. The second kappa shape index (κ2) is 5.78. The average Bonchev–Trinajstić information content (AvgIpc) is 2.41. The molecule has 3 N–H and O–H groups in total. The Balaban J connectivity index is 2.23. The van der Waals surface area contributed by atoms with Crippen molar-refractivity contribution in [3.63, 3.8) is 0 Å². The Labute approximate surface area is 119 Å². The van der Waals surface area contributed by atoms with Crippen LogP contribution in [-0.4, -0.2) is 5.91 Å². The van der Waals surface area contributed by atoms with Gasteiger partial charge in [-0.05, 0) is 49.6 Å². The molecule has 20 heavy (non-hydrogen) atoms. The number of rotatable bonds is 3. The number of nitrogen functional groups attached to an aromatic ring is 1. The van der Waals surface area contributed by atoms with E-state index in [1.165, 1.54) is 0 Å². The minimum atomic E-state index is -0.102. The molecule has 0 aliphatic carbocycles.